The predicted molar refractivity (Wildman–Crippen MR) is 104 cm³/mol. The molecule has 0 aliphatic carbocycles. The van der Waals surface area contributed by atoms with E-state index < -0.39 is 18.0 Å². The third-order valence-corrected chi connectivity index (χ3v) is 4.91. The fraction of sp³-hybridized carbons (Fsp3) is 0.389. The Morgan fingerprint density at radius 1 is 1.37 bits per heavy atom. The maximum absolute atomic E-state index is 12.3. The van der Waals surface area contributed by atoms with E-state index in [9.17, 15) is 9.59 Å². The molecule has 0 aliphatic rings. The van der Waals surface area contributed by atoms with Gasteiger partial charge in [0, 0.05) is 16.3 Å². The van der Waals surface area contributed by atoms with Crippen molar-refractivity contribution in [2.75, 3.05) is 18.2 Å². The molecule has 0 radical (unpaired) electrons. The maximum atomic E-state index is 12.3. The Bertz CT molecular complexity index is 805. The normalized spacial score (nSPS) is 11.7. The lowest BCUT2D eigenvalue weighted by molar-refractivity contribution is -0.150. The largest absolute Gasteiger partial charge is 0.495 e. The van der Waals surface area contributed by atoms with Crippen LogP contribution >= 0.6 is 23.4 Å². The van der Waals surface area contributed by atoms with Gasteiger partial charge in [0.05, 0.1) is 24.2 Å². The van der Waals surface area contributed by atoms with Crippen LogP contribution < -0.4 is 10.1 Å². The molecule has 0 saturated carbocycles. The first-order valence-electron chi connectivity index (χ1n) is 8.15. The molecule has 146 valence electrons. The summed E-state index contributed by atoms with van der Waals surface area (Å²) in [7, 11) is 1.48. The summed E-state index contributed by atoms with van der Waals surface area (Å²) in [4.78, 5) is 24.2. The van der Waals surface area contributed by atoms with Crippen LogP contribution in [-0.2, 0) is 20.1 Å². The van der Waals surface area contributed by atoms with Gasteiger partial charge in [0.1, 0.15) is 11.5 Å². The van der Waals surface area contributed by atoms with Crippen molar-refractivity contribution in [1.82, 2.24) is 5.16 Å². The van der Waals surface area contributed by atoms with Crippen LogP contribution in [-0.4, -0.2) is 36.0 Å². The monoisotopic (exact) mass is 412 g/mol. The van der Waals surface area contributed by atoms with Crippen LogP contribution in [0.4, 0.5) is 5.69 Å². The molecular formula is C18H21ClN2O5S. The molecule has 1 amide bonds. The summed E-state index contributed by atoms with van der Waals surface area (Å²) in [6.07, 6.45) is -0.958. The molecule has 27 heavy (non-hydrogen) atoms. The van der Waals surface area contributed by atoms with E-state index in [0.717, 1.165) is 17.0 Å². The van der Waals surface area contributed by atoms with Gasteiger partial charge in [-0.1, -0.05) is 16.8 Å². The van der Waals surface area contributed by atoms with Crippen molar-refractivity contribution in [3.63, 3.8) is 0 Å². The van der Waals surface area contributed by atoms with Gasteiger partial charge in [0.2, 0.25) is 0 Å². The van der Waals surface area contributed by atoms with Crippen LogP contribution in [0.25, 0.3) is 0 Å². The third-order valence-electron chi connectivity index (χ3n) is 3.74. The second-order valence-electron chi connectivity index (χ2n) is 5.76. The Hall–Kier alpha value is -2.19. The van der Waals surface area contributed by atoms with Gasteiger partial charge in [-0.2, -0.15) is 0 Å². The number of carbonyl (C=O) groups excluding carboxylic acids is 2. The molecule has 1 aromatic carbocycles. The van der Waals surface area contributed by atoms with Crippen molar-refractivity contribution in [2.24, 2.45) is 0 Å². The van der Waals surface area contributed by atoms with Gasteiger partial charge in [-0.3, -0.25) is 9.59 Å². The predicted octanol–water partition coefficient (Wildman–Crippen LogP) is 3.76. The molecule has 9 heteroatoms. The number of benzene rings is 1. The summed E-state index contributed by atoms with van der Waals surface area (Å²) < 4.78 is 15.4. The summed E-state index contributed by atoms with van der Waals surface area (Å²) in [6, 6.07) is 4.85. The number of aromatic nitrogens is 1. The van der Waals surface area contributed by atoms with Crippen molar-refractivity contribution >= 4 is 40.9 Å². The number of amides is 1. The molecule has 0 unspecified atom stereocenters. The first-order valence-corrected chi connectivity index (χ1v) is 9.68. The van der Waals surface area contributed by atoms with Gasteiger partial charge in [-0.15, -0.1) is 11.8 Å². The Kier molecular flexibility index (Phi) is 7.55. The first-order chi connectivity index (χ1) is 12.8. The van der Waals surface area contributed by atoms with E-state index in [1.165, 1.54) is 25.8 Å². The third kappa shape index (κ3) is 5.90. The number of thioether (sulfide) groups is 1. The minimum Gasteiger partial charge on any atom is -0.495 e. The highest BCUT2D eigenvalue weighted by molar-refractivity contribution is 7.99. The Balaban J connectivity index is 1.83. The minimum atomic E-state index is -0.958. The summed E-state index contributed by atoms with van der Waals surface area (Å²) in [6.45, 7) is 5.18. The van der Waals surface area contributed by atoms with Gasteiger partial charge >= 0.3 is 5.97 Å². The molecular weight excluding hydrogens is 392 g/mol. The van der Waals surface area contributed by atoms with Gasteiger partial charge in [-0.05, 0) is 39.0 Å². The van der Waals surface area contributed by atoms with Gasteiger partial charge in [-0.25, -0.2) is 0 Å². The zero-order chi connectivity index (χ0) is 20.0. The van der Waals surface area contributed by atoms with Crippen molar-refractivity contribution < 1.29 is 23.6 Å². The van der Waals surface area contributed by atoms with Crippen molar-refractivity contribution in [3.05, 3.63) is 40.2 Å². The fourth-order valence-corrected chi connectivity index (χ4v) is 3.37. The molecule has 1 heterocycles. The lowest BCUT2D eigenvalue weighted by Gasteiger charge is -2.15. The zero-order valence-corrected chi connectivity index (χ0v) is 17.1. The Labute approximate surface area is 166 Å². The smallest absolute Gasteiger partial charge is 0.316 e. The topological polar surface area (TPSA) is 90.7 Å². The number of esters is 1. The highest BCUT2D eigenvalue weighted by Crippen LogP contribution is 2.28. The number of aryl methyl sites for hydroxylation is 2. The molecule has 0 bridgehead atoms. The standard InChI is InChI=1S/C18H21ClN2O5S/c1-10-14(11(2)26-21-10)8-27-9-17(22)25-12(3)18(23)20-15-7-13(19)5-6-16(15)24-4/h5-7,12H,8-9H2,1-4H3,(H,20,23)/t12-/m1/s1. The van der Waals surface area contributed by atoms with Crippen LogP contribution in [0.1, 0.15) is 23.9 Å². The van der Waals surface area contributed by atoms with Crippen molar-refractivity contribution in [3.8, 4) is 5.75 Å². The van der Waals surface area contributed by atoms with E-state index in [-0.39, 0.29) is 5.75 Å². The molecule has 7 nitrogen and oxygen atoms in total. The number of hydrogen-bond donors (Lipinski definition) is 1. The molecule has 0 spiro atoms. The van der Waals surface area contributed by atoms with E-state index in [1.807, 2.05) is 13.8 Å². The fourth-order valence-electron chi connectivity index (χ4n) is 2.24. The molecule has 2 aromatic rings. The highest BCUT2D eigenvalue weighted by Gasteiger charge is 2.20. The number of anilines is 1. The van der Waals surface area contributed by atoms with Crippen LogP contribution in [0.5, 0.6) is 5.75 Å². The molecule has 1 aromatic heterocycles. The van der Waals surface area contributed by atoms with E-state index in [1.54, 1.807) is 18.2 Å². The van der Waals surface area contributed by atoms with Crippen molar-refractivity contribution in [1.29, 1.82) is 0 Å². The second-order valence-corrected chi connectivity index (χ2v) is 7.18. The molecule has 0 saturated heterocycles. The van der Waals surface area contributed by atoms with Crippen molar-refractivity contribution in [2.45, 2.75) is 32.6 Å². The molecule has 0 fully saturated rings. The first kappa shape index (κ1) is 21.1. The zero-order valence-electron chi connectivity index (χ0n) is 15.5. The molecule has 0 aliphatic heterocycles. The average Bonchev–Trinajstić information content (AvgIpc) is 2.93. The summed E-state index contributed by atoms with van der Waals surface area (Å²) in [5.74, 6) is 0.934. The van der Waals surface area contributed by atoms with E-state index in [4.69, 9.17) is 25.6 Å². The van der Waals surface area contributed by atoms with Gasteiger partial charge < -0.3 is 19.3 Å². The second kappa shape index (κ2) is 9.66. The van der Waals surface area contributed by atoms with Gasteiger partial charge in [0.15, 0.2) is 6.10 Å². The van der Waals surface area contributed by atoms with Crippen LogP contribution in [0.15, 0.2) is 22.7 Å². The van der Waals surface area contributed by atoms with E-state index in [0.29, 0.717) is 22.2 Å². The number of hydrogen-bond acceptors (Lipinski definition) is 7. The lowest BCUT2D eigenvalue weighted by Crippen LogP contribution is -2.30. The average molecular weight is 413 g/mol. The Morgan fingerprint density at radius 3 is 2.74 bits per heavy atom. The number of nitrogens with one attached hydrogen (secondary N) is 1. The number of nitrogens with zero attached hydrogens (tertiary/aromatic N) is 1. The maximum Gasteiger partial charge on any atom is 0.316 e. The quantitative estimate of drug-likeness (QED) is 0.660. The van der Waals surface area contributed by atoms with E-state index >= 15 is 0 Å². The molecule has 1 atom stereocenters. The lowest BCUT2D eigenvalue weighted by atomic mass is 10.2. The van der Waals surface area contributed by atoms with Crippen LogP contribution in [0.2, 0.25) is 5.02 Å². The summed E-state index contributed by atoms with van der Waals surface area (Å²) in [5.41, 5.74) is 2.17. The Morgan fingerprint density at radius 2 is 2.11 bits per heavy atom. The number of carbonyl (C=O) groups is 2. The number of ether oxygens (including phenoxy) is 2. The number of rotatable bonds is 8. The van der Waals surface area contributed by atoms with Crippen LogP contribution in [0, 0.1) is 13.8 Å². The van der Waals surface area contributed by atoms with Crippen LogP contribution in [0.3, 0.4) is 0 Å². The van der Waals surface area contributed by atoms with E-state index in [2.05, 4.69) is 10.5 Å². The summed E-state index contributed by atoms with van der Waals surface area (Å²) >= 11 is 7.31. The molecule has 2 rings (SSSR count). The number of methoxy groups -OCH3 is 1. The minimum absolute atomic E-state index is 0.113. The van der Waals surface area contributed by atoms with Gasteiger partial charge in [0.25, 0.3) is 5.91 Å². The summed E-state index contributed by atoms with van der Waals surface area (Å²) in [5, 5.41) is 6.97. The molecule has 1 N–H and O–H groups in total. The SMILES string of the molecule is COc1ccc(Cl)cc1NC(=O)[C@@H](C)OC(=O)CSCc1c(C)noc1C. The highest BCUT2D eigenvalue weighted by atomic mass is 35.5. The number of halogens is 1.